The highest BCUT2D eigenvalue weighted by Crippen LogP contribution is 2.27. The zero-order valence-corrected chi connectivity index (χ0v) is 13.4. The normalized spacial score (nSPS) is 20.9. The summed E-state index contributed by atoms with van der Waals surface area (Å²) in [4.78, 5) is 7.36. The number of hydrogen-bond donors (Lipinski definition) is 1. The molecule has 0 aliphatic carbocycles. The highest BCUT2D eigenvalue weighted by Gasteiger charge is 2.20. The molecular formula is C17H29N3. The van der Waals surface area contributed by atoms with Crippen molar-refractivity contribution in [1.82, 2.24) is 4.98 Å². The van der Waals surface area contributed by atoms with E-state index >= 15 is 0 Å². The van der Waals surface area contributed by atoms with Crippen LogP contribution in [0.5, 0.6) is 0 Å². The van der Waals surface area contributed by atoms with E-state index in [-0.39, 0.29) is 5.41 Å². The van der Waals surface area contributed by atoms with E-state index in [1.165, 1.54) is 24.8 Å². The Balaban J connectivity index is 2.30. The maximum atomic E-state index is 5.87. The van der Waals surface area contributed by atoms with E-state index in [0.29, 0.717) is 6.54 Å². The summed E-state index contributed by atoms with van der Waals surface area (Å²) in [5.41, 5.74) is 8.27. The summed E-state index contributed by atoms with van der Waals surface area (Å²) >= 11 is 0. The minimum Gasteiger partial charge on any atom is -0.357 e. The first-order valence-corrected chi connectivity index (χ1v) is 7.86. The van der Waals surface area contributed by atoms with E-state index in [4.69, 9.17) is 10.7 Å². The Kier molecular flexibility index (Phi) is 4.69. The quantitative estimate of drug-likeness (QED) is 0.898. The second kappa shape index (κ2) is 6.13. The number of nitrogens with two attached hydrogens (primary N) is 1. The van der Waals surface area contributed by atoms with Gasteiger partial charge in [-0.3, -0.25) is 0 Å². The van der Waals surface area contributed by atoms with E-state index in [2.05, 4.69) is 44.7 Å². The Hall–Kier alpha value is -1.09. The zero-order chi connectivity index (χ0) is 14.8. The fourth-order valence-electron chi connectivity index (χ4n) is 2.73. The predicted octanol–water partition coefficient (Wildman–Crippen LogP) is 3.46. The van der Waals surface area contributed by atoms with Gasteiger partial charge >= 0.3 is 0 Å². The van der Waals surface area contributed by atoms with Crippen LogP contribution in [0.15, 0.2) is 12.1 Å². The van der Waals surface area contributed by atoms with E-state index in [9.17, 15) is 0 Å². The first-order valence-electron chi connectivity index (χ1n) is 7.86. The van der Waals surface area contributed by atoms with Crippen LogP contribution >= 0.6 is 0 Å². The van der Waals surface area contributed by atoms with Crippen molar-refractivity contribution in [1.29, 1.82) is 0 Å². The molecule has 0 radical (unpaired) electrons. The third-order valence-corrected chi connectivity index (χ3v) is 4.22. The summed E-state index contributed by atoms with van der Waals surface area (Å²) < 4.78 is 0. The Morgan fingerprint density at radius 2 is 2.00 bits per heavy atom. The van der Waals surface area contributed by atoms with Gasteiger partial charge in [0.25, 0.3) is 0 Å². The second-order valence-electron chi connectivity index (χ2n) is 7.20. The van der Waals surface area contributed by atoms with Crippen molar-refractivity contribution in [2.24, 2.45) is 11.7 Å². The molecule has 0 aromatic carbocycles. The monoisotopic (exact) mass is 275 g/mol. The summed E-state index contributed by atoms with van der Waals surface area (Å²) in [7, 11) is 0. The lowest BCUT2D eigenvalue weighted by atomic mass is 9.90. The van der Waals surface area contributed by atoms with Crippen molar-refractivity contribution in [2.45, 2.75) is 58.9 Å². The minimum absolute atomic E-state index is 0.0685. The third kappa shape index (κ3) is 3.72. The van der Waals surface area contributed by atoms with E-state index in [1.54, 1.807) is 0 Å². The maximum absolute atomic E-state index is 5.87. The number of pyridine rings is 1. The Morgan fingerprint density at radius 3 is 2.65 bits per heavy atom. The highest BCUT2D eigenvalue weighted by atomic mass is 15.2. The summed E-state index contributed by atoms with van der Waals surface area (Å²) in [6.07, 6.45) is 3.86. The average molecular weight is 275 g/mol. The summed E-state index contributed by atoms with van der Waals surface area (Å²) in [5.74, 6) is 1.95. The molecule has 1 aromatic rings. The Labute approximate surface area is 123 Å². The molecule has 3 heteroatoms. The van der Waals surface area contributed by atoms with Gasteiger partial charge in [0.1, 0.15) is 5.82 Å². The van der Waals surface area contributed by atoms with Gasteiger partial charge in [-0.15, -0.1) is 0 Å². The van der Waals surface area contributed by atoms with Gasteiger partial charge in [0.15, 0.2) is 0 Å². The molecule has 2 rings (SSSR count). The molecule has 0 amide bonds. The van der Waals surface area contributed by atoms with Crippen LogP contribution in [0.3, 0.4) is 0 Å². The molecule has 1 aromatic heterocycles. The number of anilines is 1. The van der Waals surface area contributed by atoms with Crippen molar-refractivity contribution in [2.75, 3.05) is 18.0 Å². The topological polar surface area (TPSA) is 42.1 Å². The number of rotatable bonds is 2. The third-order valence-electron chi connectivity index (χ3n) is 4.22. The molecule has 1 atom stereocenters. The standard InChI is InChI=1S/C17H29N3/c1-13-6-5-8-20(9-7-13)16-11-14(12-18)10-15(19-16)17(2,3)4/h10-11,13H,5-9,12,18H2,1-4H3. The van der Waals surface area contributed by atoms with Gasteiger partial charge in [-0.2, -0.15) is 0 Å². The Bertz CT molecular complexity index is 448. The van der Waals surface area contributed by atoms with Crippen molar-refractivity contribution < 1.29 is 0 Å². The lowest BCUT2D eigenvalue weighted by Crippen LogP contribution is -2.27. The summed E-state index contributed by atoms with van der Waals surface area (Å²) in [5, 5.41) is 0. The molecule has 1 saturated heterocycles. The molecule has 3 nitrogen and oxygen atoms in total. The van der Waals surface area contributed by atoms with Crippen molar-refractivity contribution in [3.8, 4) is 0 Å². The van der Waals surface area contributed by atoms with Crippen LogP contribution in [0.4, 0.5) is 5.82 Å². The average Bonchev–Trinajstić information content (AvgIpc) is 2.62. The highest BCUT2D eigenvalue weighted by molar-refractivity contribution is 5.44. The summed E-state index contributed by atoms with van der Waals surface area (Å²) in [6.45, 7) is 11.8. The molecule has 1 aliphatic heterocycles. The number of aromatic nitrogens is 1. The second-order valence-corrected chi connectivity index (χ2v) is 7.20. The van der Waals surface area contributed by atoms with Crippen molar-refractivity contribution >= 4 is 5.82 Å². The minimum atomic E-state index is 0.0685. The van der Waals surface area contributed by atoms with Crippen LogP contribution in [0.1, 0.15) is 58.2 Å². The van der Waals surface area contributed by atoms with Crippen LogP contribution in [0.2, 0.25) is 0 Å². The molecule has 2 N–H and O–H groups in total. The first-order chi connectivity index (χ1) is 9.40. The molecular weight excluding hydrogens is 246 g/mol. The van der Waals surface area contributed by atoms with Crippen LogP contribution in [-0.4, -0.2) is 18.1 Å². The van der Waals surface area contributed by atoms with Crippen LogP contribution < -0.4 is 10.6 Å². The van der Waals surface area contributed by atoms with Gasteiger partial charge in [-0.1, -0.05) is 27.7 Å². The summed E-state index contributed by atoms with van der Waals surface area (Å²) in [6, 6.07) is 4.33. The number of nitrogens with zero attached hydrogens (tertiary/aromatic N) is 2. The molecule has 20 heavy (non-hydrogen) atoms. The molecule has 0 saturated carbocycles. The molecule has 0 spiro atoms. The SMILES string of the molecule is CC1CCCN(c2cc(CN)cc(C(C)(C)C)n2)CC1. The van der Waals surface area contributed by atoms with Gasteiger partial charge in [0.05, 0.1) is 0 Å². The zero-order valence-electron chi connectivity index (χ0n) is 13.4. The smallest absolute Gasteiger partial charge is 0.129 e. The first kappa shape index (κ1) is 15.3. The lowest BCUT2D eigenvalue weighted by Gasteiger charge is -2.26. The van der Waals surface area contributed by atoms with Crippen LogP contribution in [0, 0.1) is 5.92 Å². The van der Waals surface area contributed by atoms with Crippen LogP contribution in [-0.2, 0) is 12.0 Å². The van der Waals surface area contributed by atoms with Crippen molar-refractivity contribution in [3.05, 3.63) is 23.4 Å². The van der Waals surface area contributed by atoms with E-state index < -0.39 is 0 Å². The van der Waals surface area contributed by atoms with E-state index in [1.807, 2.05) is 0 Å². The predicted molar refractivity (Wildman–Crippen MR) is 86.1 cm³/mol. The van der Waals surface area contributed by atoms with Gasteiger partial charge in [-0.05, 0) is 42.9 Å². The molecule has 1 fully saturated rings. The van der Waals surface area contributed by atoms with Gasteiger partial charge in [0, 0.05) is 30.7 Å². The molecule has 1 unspecified atom stereocenters. The van der Waals surface area contributed by atoms with Gasteiger partial charge in [0.2, 0.25) is 0 Å². The van der Waals surface area contributed by atoms with Gasteiger partial charge < -0.3 is 10.6 Å². The lowest BCUT2D eigenvalue weighted by molar-refractivity contribution is 0.520. The molecule has 0 bridgehead atoms. The molecule has 2 heterocycles. The maximum Gasteiger partial charge on any atom is 0.129 e. The molecule has 1 aliphatic rings. The fourth-order valence-corrected chi connectivity index (χ4v) is 2.73. The van der Waals surface area contributed by atoms with Gasteiger partial charge in [-0.25, -0.2) is 4.98 Å². The van der Waals surface area contributed by atoms with Crippen molar-refractivity contribution in [3.63, 3.8) is 0 Å². The number of hydrogen-bond acceptors (Lipinski definition) is 3. The van der Waals surface area contributed by atoms with E-state index in [0.717, 1.165) is 30.5 Å². The van der Waals surface area contributed by atoms with Crippen LogP contribution in [0.25, 0.3) is 0 Å². The fraction of sp³-hybridized carbons (Fsp3) is 0.706. The Morgan fingerprint density at radius 1 is 1.25 bits per heavy atom. The largest absolute Gasteiger partial charge is 0.357 e. The molecule has 112 valence electrons.